The predicted molar refractivity (Wildman–Crippen MR) is 92.5 cm³/mol. The molecule has 2 bridgehead atoms. The van der Waals surface area contributed by atoms with Crippen LogP contribution < -0.4 is 5.32 Å². The third-order valence-electron chi connectivity index (χ3n) is 5.39. The van der Waals surface area contributed by atoms with Gasteiger partial charge in [-0.3, -0.25) is 0 Å². The van der Waals surface area contributed by atoms with Crippen molar-refractivity contribution in [3.63, 3.8) is 0 Å². The van der Waals surface area contributed by atoms with E-state index in [9.17, 15) is 5.11 Å². The fourth-order valence-electron chi connectivity index (χ4n) is 4.13. The van der Waals surface area contributed by atoms with Gasteiger partial charge in [-0.25, -0.2) is 0 Å². The van der Waals surface area contributed by atoms with Crippen LogP contribution in [0.25, 0.3) is 11.3 Å². The molecule has 1 aromatic heterocycles. The van der Waals surface area contributed by atoms with Crippen molar-refractivity contribution in [1.82, 2.24) is 10.2 Å². The monoisotopic (exact) mass is 339 g/mol. The molecule has 130 valence electrons. The summed E-state index contributed by atoms with van der Waals surface area (Å²) in [5.41, 5.74) is 4.29. The highest BCUT2D eigenvalue weighted by Crippen LogP contribution is 2.46. The second-order valence-electron chi connectivity index (χ2n) is 7.07. The number of aromatic nitrogens is 2. The van der Waals surface area contributed by atoms with Gasteiger partial charge in [0, 0.05) is 24.2 Å². The highest BCUT2D eigenvalue weighted by atomic mass is 16.5. The van der Waals surface area contributed by atoms with Gasteiger partial charge in [-0.15, -0.1) is 10.2 Å². The SMILES string of the molecule is Oc1ccc(-c2nnc(N[C@@H]3CCOC3)c3c2C[C@H]2CC[C@@H]3O2)cc1. The van der Waals surface area contributed by atoms with Gasteiger partial charge in [-0.2, -0.15) is 0 Å². The van der Waals surface area contributed by atoms with Gasteiger partial charge in [0.1, 0.15) is 5.75 Å². The van der Waals surface area contributed by atoms with E-state index in [2.05, 4.69) is 15.5 Å². The number of hydrogen-bond donors (Lipinski definition) is 2. The molecule has 6 nitrogen and oxygen atoms in total. The van der Waals surface area contributed by atoms with Gasteiger partial charge >= 0.3 is 0 Å². The summed E-state index contributed by atoms with van der Waals surface area (Å²) in [4.78, 5) is 0. The smallest absolute Gasteiger partial charge is 0.155 e. The lowest BCUT2D eigenvalue weighted by Gasteiger charge is -2.28. The van der Waals surface area contributed by atoms with E-state index >= 15 is 0 Å². The predicted octanol–water partition coefficient (Wildman–Crippen LogP) is 2.83. The standard InChI is InChI=1S/C19H21N3O3/c23-13-3-1-11(2-4-13)18-15-9-14-5-6-16(25-14)17(15)19(22-21-18)20-12-7-8-24-10-12/h1-4,12,14,16,23H,5-10H2,(H,20,22)/t12-,14-,16+/m1/s1. The van der Waals surface area contributed by atoms with Crippen LogP contribution in [-0.4, -0.2) is 40.7 Å². The van der Waals surface area contributed by atoms with Crippen molar-refractivity contribution in [1.29, 1.82) is 0 Å². The van der Waals surface area contributed by atoms with Crippen LogP contribution in [0.4, 0.5) is 5.82 Å². The number of phenolic OH excluding ortho intramolecular Hbond substituents is 1. The Morgan fingerprint density at radius 3 is 2.76 bits per heavy atom. The van der Waals surface area contributed by atoms with E-state index in [1.165, 1.54) is 11.1 Å². The average Bonchev–Trinajstić information content (AvgIpc) is 3.26. The van der Waals surface area contributed by atoms with Gasteiger partial charge in [0.05, 0.1) is 30.6 Å². The summed E-state index contributed by atoms with van der Waals surface area (Å²) < 4.78 is 11.6. The summed E-state index contributed by atoms with van der Waals surface area (Å²) in [6.07, 6.45) is 4.36. The molecule has 0 saturated carbocycles. The Labute approximate surface area is 146 Å². The zero-order valence-electron chi connectivity index (χ0n) is 13.9. The molecule has 3 atom stereocenters. The van der Waals surface area contributed by atoms with E-state index in [0.29, 0.717) is 6.61 Å². The Hall–Kier alpha value is -2.18. The normalized spacial score (nSPS) is 27.3. The van der Waals surface area contributed by atoms with Gasteiger partial charge in [0.15, 0.2) is 5.82 Å². The van der Waals surface area contributed by atoms with Crippen molar-refractivity contribution in [3.05, 3.63) is 35.4 Å². The minimum absolute atomic E-state index is 0.102. The lowest BCUT2D eigenvalue weighted by atomic mass is 9.94. The summed E-state index contributed by atoms with van der Waals surface area (Å²) in [6.45, 7) is 1.51. The quantitative estimate of drug-likeness (QED) is 0.895. The maximum absolute atomic E-state index is 9.56. The van der Waals surface area contributed by atoms with Crippen LogP contribution in [-0.2, 0) is 15.9 Å². The molecule has 2 N–H and O–H groups in total. The number of benzene rings is 1. The Morgan fingerprint density at radius 2 is 1.96 bits per heavy atom. The first-order valence-electron chi connectivity index (χ1n) is 8.96. The van der Waals surface area contributed by atoms with Crippen LogP contribution in [0.1, 0.15) is 36.5 Å². The molecule has 0 aliphatic carbocycles. The molecule has 5 rings (SSSR count). The summed E-state index contributed by atoms with van der Waals surface area (Å²) in [6, 6.07) is 7.47. The molecule has 6 heteroatoms. The highest BCUT2D eigenvalue weighted by Gasteiger charge is 2.38. The summed E-state index contributed by atoms with van der Waals surface area (Å²) in [5.74, 6) is 1.10. The number of aromatic hydroxyl groups is 1. The number of rotatable bonds is 3. The van der Waals surface area contributed by atoms with E-state index in [1.54, 1.807) is 12.1 Å². The minimum Gasteiger partial charge on any atom is -0.508 e. The van der Waals surface area contributed by atoms with Crippen molar-refractivity contribution in [2.75, 3.05) is 18.5 Å². The first-order chi connectivity index (χ1) is 12.3. The molecule has 0 radical (unpaired) electrons. The maximum atomic E-state index is 9.56. The van der Waals surface area contributed by atoms with E-state index in [0.717, 1.165) is 49.4 Å². The lowest BCUT2D eigenvalue weighted by Crippen LogP contribution is -2.26. The van der Waals surface area contributed by atoms with Crippen LogP contribution in [0.5, 0.6) is 5.75 Å². The van der Waals surface area contributed by atoms with Gasteiger partial charge < -0.3 is 19.9 Å². The van der Waals surface area contributed by atoms with Crippen molar-refractivity contribution in [2.24, 2.45) is 0 Å². The van der Waals surface area contributed by atoms with Gasteiger partial charge in [0.2, 0.25) is 0 Å². The zero-order chi connectivity index (χ0) is 16.8. The number of hydrogen-bond acceptors (Lipinski definition) is 6. The fourth-order valence-corrected chi connectivity index (χ4v) is 4.13. The molecule has 2 fully saturated rings. The molecular weight excluding hydrogens is 318 g/mol. The second kappa shape index (κ2) is 5.97. The van der Waals surface area contributed by atoms with Crippen LogP contribution in [0, 0.1) is 0 Å². The molecule has 2 aromatic rings. The first kappa shape index (κ1) is 15.1. The zero-order valence-corrected chi connectivity index (χ0v) is 13.9. The summed E-state index contributed by atoms with van der Waals surface area (Å²) in [5, 5.41) is 22.1. The largest absolute Gasteiger partial charge is 0.508 e. The number of anilines is 1. The van der Waals surface area contributed by atoms with Crippen molar-refractivity contribution < 1.29 is 14.6 Å². The molecule has 0 amide bonds. The third kappa shape index (κ3) is 2.65. The molecule has 3 aliphatic rings. The first-order valence-corrected chi connectivity index (χ1v) is 8.96. The lowest BCUT2D eigenvalue weighted by molar-refractivity contribution is 0.0325. The average molecular weight is 339 g/mol. The Morgan fingerprint density at radius 1 is 1.08 bits per heavy atom. The van der Waals surface area contributed by atoms with Crippen LogP contribution in [0.3, 0.4) is 0 Å². The maximum Gasteiger partial charge on any atom is 0.155 e. The van der Waals surface area contributed by atoms with E-state index in [1.807, 2.05) is 12.1 Å². The molecule has 25 heavy (non-hydrogen) atoms. The Bertz CT molecular complexity index is 787. The van der Waals surface area contributed by atoms with Crippen molar-refractivity contribution in [2.45, 2.75) is 43.9 Å². The van der Waals surface area contributed by atoms with Crippen LogP contribution in [0.2, 0.25) is 0 Å². The van der Waals surface area contributed by atoms with Gasteiger partial charge in [-0.05, 0) is 49.1 Å². The number of phenols is 1. The minimum atomic E-state index is 0.102. The van der Waals surface area contributed by atoms with Crippen LogP contribution >= 0.6 is 0 Å². The summed E-state index contributed by atoms with van der Waals surface area (Å²) in [7, 11) is 0. The second-order valence-corrected chi connectivity index (χ2v) is 7.07. The van der Waals surface area contributed by atoms with Crippen molar-refractivity contribution >= 4 is 5.82 Å². The number of ether oxygens (including phenoxy) is 2. The molecule has 1 aromatic carbocycles. The summed E-state index contributed by atoms with van der Waals surface area (Å²) >= 11 is 0. The van der Waals surface area contributed by atoms with E-state index in [4.69, 9.17) is 9.47 Å². The van der Waals surface area contributed by atoms with E-state index in [-0.39, 0.29) is 24.0 Å². The number of nitrogens with zero attached hydrogens (tertiary/aromatic N) is 2. The third-order valence-corrected chi connectivity index (χ3v) is 5.39. The highest BCUT2D eigenvalue weighted by molar-refractivity contribution is 5.69. The molecular formula is C19H21N3O3. The van der Waals surface area contributed by atoms with Gasteiger partial charge in [-0.1, -0.05) is 0 Å². The number of nitrogens with one attached hydrogen (secondary N) is 1. The topological polar surface area (TPSA) is 76.5 Å². The molecule has 0 spiro atoms. The Balaban J connectivity index is 1.59. The fraction of sp³-hybridized carbons (Fsp3) is 0.474. The van der Waals surface area contributed by atoms with Crippen molar-refractivity contribution in [3.8, 4) is 17.0 Å². The molecule has 2 saturated heterocycles. The van der Waals surface area contributed by atoms with E-state index < -0.39 is 0 Å². The van der Waals surface area contributed by atoms with Crippen LogP contribution in [0.15, 0.2) is 24.3 Å². The molecule has 4 heterocycles. The van der Waals surface area contributed by atoms with Gasteiger partial charge in [0.25, 0.3) is 0 Å². The number of fused-ring (bicyclic) bond motifs is 4. The molecule has 3 aliphatic heterocycles. The molecule has 0 unspecified atom stereocenters. The Kier molecular flexibility index (Phi) is 3.60.